The predicted molar refractivity (Wildman–Crippen MR) is 84.2 cm³/mol. The van der Waals surface area contributed by atoms with E-state index in [9.17, 15) is 0 Å². The van der Waals surface area contributed by atoms with E-state index < -0.39 is 0 Å². The van der Waals surface area contributed by atoms with Gasteiger partial charge in [-0.15, -0.1) is 5.10 Å². The largest absolute Gasteiger partial charge is 0.472 e. The number of nitrogens with zero attached hydrogens (tertiary/aromatic N) is 2. The summed E-state index contributed by atoms with van der Waals surface area (Å²) < 4.78 is 13.0. The van der Waals surface area contributed by atoms with E-state index in [1.807, 2.05) is 72.9 Å². The first-order valence-electron chi connectivity index (χ1n) is 7.22. The van der Waals surface area contributed by atoms with Crippen LogP contribution >= 0.6 is 0 Å². The van der Waals surface area contributed by atoms with Crippen LogP contribution in [0, 0.1) is 0 Å². The van der Waals surface area contributed by atoms with Gasteiger partial charge in [-0.05, 0) is 11.1 Å². The van der Waals surface area contributed by atoms with Crippen molar-refractivity contribution >= 4 is 0 Å². The Kier molecular flexibility index (Phi) is 4.85. The van der Waals surface area contributed by atoms with Crippen molar-refractivity contribution in [2.75, 3.05) is 0 Å². The average molecular weight is 294 g/mol. The van der Waals surface area contributed by atoms with Crippen LogP contribution in [0.2, 0.25) is 0 Å². The van der Waals surface area contributed by atoms with Gasteiger partial charge in [-0.25, -0.2) is 4.68 Å². The molecule has 22 heavy (non-hydrogen) atoms. The number of hydrogen-bond donors (Lipinski definition) is 0. The molecule has 3 rings (SSSR count). The lowest BCUT2D eigenvalue weighted by Gasteiger charge is -2.05. The molecule has 0 bridgehead atoms. The van der Waals surface area contributed by atoms with Gasteiger partial charge in [0.15, 0.2) is 0 Å². The molecule has 0 fully saturated rings. The van der Waals surface area contributed by atoms with Crippen molar-refractivity contribution in [3.05, 3.63) is 84.1 Å². The number of ether oxygens (including phenoxy) is 2. The van der Waals surface area contributed by atoms with Crippen molar-refractivity contribution in [2.24, 2.45) is 0 Å². The van der Waals surface area contributed by atoms with Crippen LogP contribution in [0.15, 0.2) is 72.9 Å². The van der Waals surface area contributed by atoms with Crippen molar-refractivity contribution in [3.8, 4) is 5.88 Å². The molecule has 0 amide bonds. The Morgan fingerprint density at radius 2 is 1.41 bits per heavy atom. The lowest BCUT2D eigenvalue weighted by molar-refractivity contribution is 0.0551. The van der Waals surface area contributed by atoms with Crippen molar-refractivity contribution < 1.29 is 9.47 Å². The quantitative estimate of drug-likeness (QED) is 0.667. The van der Waals surface area contributed by atoms with E-state index in [-0.39, 0.29) is 0 Å². The lowest BCUT2D eigenvalue weighted by atomic mass is 10.2. The molecule has 0 unspecified atom stereocenters. The fourth-order valence-corrected chi connectivity index (χ4v) is 2.05. The molecular formula is C18H18N2O2. The fraction of sp³-hybridized carbons (Fsp3) is 0.167. The molecule has 0 radical (unpaired) electrons. The molecule has 3 aromatic rings. The summed E-state index contributed by atoms with van der Waals surface area (Å²) in [5, 5.41) is 4.33. The molecule has 0 aliphatic carbocycles. The highest BCUT2D eigenvalue weighted by atomic mass is 16.5. The smallest absolute Gasteiger partial charge is 0.233 e. The van der Waals surface area contributed by atoms with Gasteiger partial charge in [0.05, 0.1) is 6.61 Å². The first kappa shape index (κ1) is 14.4. The molecule has 0 N–H and O–H groups in total. The van der Waals surface area contributed by atoms with Crippen LogP contribution in [-0.4, -0.2) is 9.78 Å². The third-order valence-corrected chi connectivity index (χ3v) is 3.18. The molecule has 4 heteroatoms. The zero-order chi connectivity index (χ0) is 15.0. The maximum Gasteiger partial charge on any atom is 0.233 e. The molecule has 2 aromatic carbocycles. The van der Waals surface area contributed by atoms with Crippen LogP contribution in [0.1, 0.15) is 11.1 Å². The second-order valence-electron chi connectivity index (χ2n) is 4.93. The van der Waals surface area contributed by atoms with E-state index in [1.54, 1.807) is 4.68 Å². The Bertz CT molecular complexity index is 681. The van der Waals surface area contributed by atoms with Gasteiger partial charge in [-0.1, -0.05) is 60.7 Å². The van der Waals surface area contributed by atoms with E-state index in [4.69, 9.17) is 9.47 Å². The highest BCUT2D eigenvalue weighted by Crippen LogP contribution is 2.10. The monoisotopic (exact) mass is 294 g/mol. The predicted octanol–water partition coefficient (Wildman–Crippen LogP) is 3.64. The second-order valence-corrected chi connectivity index (χ2v) is 4.93. The van der Waals surface area contributed by atoms with Gasteiger partial charge in [-0.3, -0.25) is 0 Å². The van der Waals surface area contributed by atoms with E-state index in [0.717, 1.165) is 11.1 Å². The highest BCUT2D eigenvalue weighted by Gasteiger charge is 2.01. The van der Waals surface area contributed by atoms with Crippen LogP contribution < -0.4 is 4.74 Å². The Balaban J connectivity index is 1.45. The zero-order valence-corrected chi connectivity index (χ0v) is 12.3. The summed E-state index contributed by atoms with van der Waals surface area (Å²) in [6, 6.07) is 22.0. The molecule has 0 atom stereocenters. The van der Waals surface area contributed by atoms with Crippen LogP contribution in [0.5, 0.6) is 5.88 Å². The summed E-state index contributed by atoms with van der Waals surface area (Å²) in [6.07, 6.45) is 1.85. The Morgan fingerprint density at radius 3 is 2.09 bits per heavy atom. The Hall–Kier alpha value is -2.59. The molecule has 1 heterocycles. The first-order valence-corrected chi connectivity index (χ1v) is 7.22. The topological polar surface area (TPSA) is 36.3 Å². The Labute approximate surface area is 129 Å². The van der Waals surface area contributed by atoms with Crippen LogP contribution in [0.25, 0.3) is 0 Å². The van der Waals surface area contributed by atoms with Crippen molar-refractivity contribution in [1.82, 2.24) is 9.78 Å². The second kappa shape index (κ2) is 7.43. The van der Waals surface area contributed by atoms with E-state index in [0.29, 0.717) is 25.8 Å². The normalized spacial score (nSPS) is 10.5. The molecule has 4 nitrogen and oxygen atoms in total. The molecule has 0 spiro atoms. The van der Waals surface area contributed by atoms with Crippen molar-refractivity contribution in [3.63, 3.8) is 0 Å². The summed E-state index contributed by atoms with van der Waals surface area (Å²) in [6.45, 7) is 1.49. The van der Waals surface area contributed by atoms with Gasteiger partial charge >= 0.3 is 0 Å². The van der Waals surface area contributed by atoms with Gasteiger partial charge in [-0.2, -0.15) is 0 Å². The van der Waals surface area contributed by atoms with Gasteiger partial charge in [0, 0.05) is 12.3 Å². The number of rotatable bonds is 7. The first-order chi connectivity index (χ1) is 10.9. The maximum absolute atomic E-state index is 5.65. The maximum atomic E-state index is 5.65. The van der Waals surface area contributed by atoms with E-state index in [2.05, 4.69) is 5.10 Å². The highest BCUT2D eigenvalue weighted by molar-refractivity contribution is 5.15. The fourth-order valence-electron chi connectivity index (χ4n) is 2.05. The molecule has 1 aromatic heterocycles. The molecule has 0 aliphatic rings. The van der Waals surface area contributed by atoms with E-state index >= 15 is 0 Å². The van der Waals surface area contributed by atoms with Gasteiger partial charge in [0.25, 0.3) is 0 Å². The minimum Gasteiger partial charge on any atom is -0.472 e. The van der Waals surface area contributed by atoms with Crippen molar-refractivity contribution in [1.29, 1.82) is 0 Å². The third-order valence-electron chi connectivity index (χ3n) is 3.18. The summed E-state index contributed by atoms with van der Waals surface area (Å²) in [7, 11) is 0. The molecule has 0 saturated carbocycles. The van der Waals surface area contributed by atoms with Crippen molar-refractivity contribution in [2.45, 2.75) is 19.9 Å². The zero-order valence-electron chi connectivity index (χ0n) is 12.3. The number of benzene rings is 2. The molecule has 0 aliphatic heterocycles. The van der Waals surface area contributed by atoms with Gasteiger partial charge < -0.3 is 9.47 Å². The third kappa shape index (κ3) is 4.20. The van der Waals surface area contributed by atoms with E-state index in [1.165, 1.54) is 0 Å². The SMILES string of the molecule is c1ccc(COCn2ccc(OCc3ccccc3)n2)cc1. The molecular weight excluding hydrogens is 276 g/mol. The standard InChI is InChI=1S/C18H18N2O2/c1-3-7-16(8-4-1)13-21-15-20-12-11-18(19-20)22-14-17-9-5-2-6-10-17/h1-12H,13-15H2. The molecule has 0 saturated heterocycles. The average Bonchev–Trinajstić information content (AvgIpc) is 3.03. The number of hydrogen-bond acceptors (Lipinski definition) is 3. The summed E-state index contributed by atoms with van der Waals surface area (Å²) >= 11 is 0. The summed E-state index contributed by atoms with van der Waals surface area (Å²) in [5.74, 6) is 0.604. The van der Waals surface area contributed by atoms with Crippen LogP contribution in [-0.2, 0) is 24.7 Å². The van der Waals surface area contributed by atoms with Gasteiger partial charge in [0.1, 0.15) is 13.3 Å². The lowest BCUT2D eigenvalue weighted by Crippen LogP contribution is -2.04. The minimum atomic E-state index is 0.406. The van der Waals surface area contributed by atoms with Gasteiger partial charge in [0.2, 0.25) is 5.88 Å². The Morgan fingerprint density at radius 1 is 0.773 bits per heavy atom. The summed E-state index contributed by atoms with van der Waals surface area (Å²) in [4.78, 5) is 0. The summed E-state index contributed by atoms with van der Waals surface area (Å²) in [5.41, 5.74) is 2.27. The van der Waals surface area contributed by atoms with Crippen LogP contribution in [0.3, 0.4) is 0 Å². The minimum absolute atomic E-state index is 0.406. The number of aromatic nitrogens is 2. The van der Waals surface area contributed by atoms with Crippen LogP contribution in [0.4, 0.5) is 0 Å². The molecule has 112 valence electrons.